The van der Waals surface area contributed by atoms with Gasteiger partial charge >= 0.3 is 5.69 Å². The Morgan fingerprint density at radius 2 is 2.00 bits per heavy atom. The molecule has 1 aliphatic rings. The van der Waals surface area contributed by atoms with Crippen LogP contribution < -0.4 is 16.3 Å². The number of nitrogens with two attached hydrogens (primary N) is 1. The maximum absolute atomic E-state index is 13.0. The summed E-state index contributed by atoms with van der Waals surface area (Å²) in [6.45, 7) is 4.10. The first kappa shape index (κ1) is 19.3. The fraction of sp³-hybridized carbons (Fsp3) is 0.368. The lowest BCUT2D eigenvalue weighted by molar-refractivity contribution is 0.0452. The number of morpholine rings is 1. The van der Waals surface area contributed by atoms with E-state index < -0.39 is 0 Å². The highest BCUT2D eigenvalue weighted by Crippen LogP contribution is 2.30. The molecule has 1 atom stereocenters. The third kappa shape index (κ3) is 3.39. The largest absolute Gasteiger partial charge is 0.363 e. The molecular formula is C19H21Cl2N5O2. The van der Waals surface area contributed by atoms with Gasteiger partial charge in [-0.2, -0.15) is 0 Å². The zero-order valence-electron chi connectivity index (χ0n) is 15.7. The Kier molecular flexibility index (Phi) is 5.09. The molecule has 1 saturated heterocycles. The summed E-state index contributed by atoms with van der Waals surface area (Å²) >= 11 is 12.3. The molecule has 148 valence electrons. The second-order valence-electron chi connectivity index (χ2n) is 7.02. The Morgan fingerprint density at radius 3 is 2.68 bits per heavy atom. The Labute approximate surface area is 172 Å². The van der Waals surface area contributed by atoms with E-state index in [1.54, 1.807) is 28.4 Å². The molecule has 2 aromatic heterocycles. The molecule has 0 spiro atoms. The maximum atomic E-state index is 13.0. The van der Waals surface area contributed by atoms with Crippen LogP contribution in [0.25, 0.3) is 11.2 Å². The van der Waals surface area contributed by atoms with Gasteiger partial charge in [-0.15, -0.1) is 0 Å². The topological polar surface area (TPSA) is 78.3 Å². The quantitative estimate of drug-likeness (QED) is 0.702. The predicted molar refractivity (Wildman–Crippen MR) is 111 cm³/mol. The molecule has 0 aliphatic carbocycles. The number of halogens is 2. The molecule has 0 saturated carbocycles. The van der Waals surface area contributed by atoms with Crippen LogP contribution in [0.3, 0.4) is 0 Å². The van der Waals surface area contributed by atoms with Gasteiger partial charge in [0.2, 0.25) is 0 Å². The van der Waals surface area contributed by atoms with Crippen molar-refractivity contribution in [3.05, 3.63) is 56.1 Å². The Bertz CT molecular complexity index is 1090. The van der Waals surface area contributed by atoms with Gasteiger partial charge in [-0.3, -0.25) is 9.13 Å². The first-order chi connectivity index (χ1) is 13.3. The third-order valence-corrected chi connectivity index (χ3v) is 5.40. The van der Waals surface area contributed by atoms with Gasteiger partial charge in [0.15, 0.2) is 5.65 Å². The number of ether oxygens (including phenoxy) is 1. The van der Waals surface area contributed by atoms with E-state index in [0.29, 0.717) is 41.9 Å². The summed E-state index contributed by atoms with van der Waals surface area (Å²) in [7, 11) is 1.73. The molecule has 1 fully saturated rings. The monoisotopic (exact) mass is 421 g/mol. The van der Waals surface area contributed by atoms with Crippen LogP contribution in [0.2, 0.25) is 10.0 Å². The molecule has 0 radical (unpaired) electrons. The van der Waals surface area contributed by atoms with Crippen molar-refractivity contribution >= 4 is 40.1 Å². The average Bonchev–Trinajstić information content (AvgIpc) is 2.86. The highest BCUT2D eigenvalue weighted by atomic mass is 35.5. The molecule has 0 bridgehead atoms. The van der Waals surface area contributed by atoms with E-state index >= 15 is 0 Å². The lowest BCUT2D eigenvalue weighted by atomic mass is 10.1. The SMILES string of the molecule is Cc1cnc2c(c1N1CCOC(N)C1)n(Cc1cc(Cl)cc(Cl)c1)c(=O)n2C. The summed E-state index contributed by atoms with van der Waals surface area (Å²) in [4.78, 5) is 19.7. The van der Waals surface area contributed by atoms with Gasteiger partial charge in [0.05, 0.1) is 25.4 Å². The number of benzene rings is 1. The fourth-order valence-electron chi connectivity index (χ4n) is 3.74. The first-order valence-corrected chi connectivity index (χ1v) is 9.72. The Hall–Kier alpha value is -2.06. The number of nitrogens with zero attached hydrogens (tertiary/aromatic N) is 4. The number of hydrogen-bond donors (Lipinski definition) is 1. The first-order valence-electron chi connectivity index (χ1n) is 8.97. The second kappa shape index (κ2) is 7.40. The number of rotatable bonds is 3. The minimum Gasteiger partial charge on any atom is -0.363 e. The standard InChI is InChI=1S/C19H21Cl2N5O2/c1-11-8-23-18-17(16(11)25-3-4-28-15(22)10-25)26(19(27)24(18)2)9-12-5-13(20)7-14(21)6-12/h5-8,15H,3-4,9-10,22H2,1-2H3. The molecule has 4 rings (SSSR count). The Balaban J connectivity index is 1.92. The van der Waals surface area contributed by atoms with E-state index in [1.165, 1.54) is 0 Å². The van der Waals surface area contributed by atoms with Crippen molar-refractivity contribution in [3.8, 4) is 0 Å². The fourth-order valence-corrected chi connectivity index (χ4v) is 4.31. The summed E-state index contributed by atoms with van der Waals surface area (Å²) in [5.41, 5.74) is 10.0. The lowest BCUT2D eigenvalue weighted by Gasteiger charge is -2.34. The van der Waals surface area contributed by atoms with Crippen LogP contribution in [0.4, 0.5) is 5.69 Å². The van der Waals surface area contributed by atoms with Gasteiger partial charge in [-0.25, -0.2) is 9.78 Å². The molecule has 28 heavy (non-hydrogen) atoms. The minimum absolute atomic E-state index is 0.150. The number of anilines is 1. The highest BCUT2D eigenvalue weighted by Gasteiger charge is 2.25. The van der Waals surface area contributed by atoms with Gasteiger partial charge in [-0.05, 0) is 36.2 Å². The molecule has 9 heteroatoms. The number of hydrogen-bond acceptors (Lipinski definition) is 5. The van der Waals surface area contributed by atoms with Gasteiger partial charge in [-0.1, -0.05) is 23.2 Å². The summed E-state index contributed by atoms with van der Waals surface area (Å²) in [6.07, 6.45) is 1.42. The Morgan fingerprint density at radius 1 is 1.29 bits per heavy atom. The van der Waals surface area contributed by atoms with Crippen LogP contribution >= 0.6 is 23.2 Å². The van der Waals surface area contributed by atoms with E-state index in [-0.39, 0.29) is 11.9 Å². The smallest absolute Gasteiger partial charge is 0.330 e. The van der Waals surface area contributed by atoms with Crippen molar-refractivity contribution in [1.29, 1.82) is 0 Å². The molecule has 3 aromatic rings. The van der Waals surface area contributed by atoms with E-state index in [2.05, 4.69) is 9.88 Å². The highest BCUT2D eigenvalue weighted by molar-refractivity contribution is 6.34. The molecule has 7 nitrogen and oxygen atoms in total. The van der Waals surface area contributed by atoms with E-state index in [1.807, 2.05) is 19.1 Å². The van der Waals surface area contributed by atoms with Gasteiger partial charge in [0.1, 0.15) is 11.7 Å². The van der Waals surface area contributed by atoms with E-state index in [4.69, 9.17) is 33.7 Å². The van der Waals surface area contributed by atoms with Crippen LogP contribution in [0.1, 0.15) is 11.1 Å². The minimum atomic E-state index is -0.369. The molecule has 1 aliphatic heterocycles. The molecule has 1 aromatic carbocycles. The zero-order chi connectivity index (χ0) is 20.0. The number of aryl methyl sites for hydroxylation is 2. The lowest BCUT2D eigenvalue weighted by Crippen LogP contribution is -2.47. The van der Waals surface area contributed by atoms with Crippen molar-refractivity contribution in [2.75, 3.05) is 24.6 Å². The van der Waals surface area contributed by atoms with Crippen molar-refractivity contribution in [1.82, 2.24) is 14.1 Å². The molecular weight excluding hydrogens is 401 g/mol. The third-order valence-electron chi connectivity index (χ3n) is 4.97. The van der Waals surface area contributed by atoms with Crippen LogP contribution in [0.15, 0.2) is 29.2 Å². The van der Waals surface area contributed by atoms with E-state index in [0.717, 1.165) is 22.3 Å². The zero-order valence-corrected chi connectivity index (χ0v) is 17.2. The van der Waals surface area contributed by atoms with Crippen LogP contribution in [-0.2, 0) is 18.3 Å². The number of pyridine rings is 1. The summed E-state index contributed by atoms with van der Waals surface area (Å²) in [6, 6.07) is 5.29. The van der Waals surface area contributed by atoms with Crippen molar-refractivity contribution < 1.29 is 4.74 Å². The number of imidazole rings is 1. The summed E-state index contributed by atoms with van der Waals surface area (Å²) in [5, 5.41) is 1.06. The van der Waals surface area contributed by atoms with Crippen molar-refractivity contribution in [2.24, 2.45) is 12.8 Å². The second-order valence-corrected chi connectivity index (χ2v) is 7.90. The molecule has 2 N–H and O–H groups in total. The molecule has 1 unspecified atom stereocenters. The molecule has 3 heterocycles. The average molecular weight is 422 g/mol. The summed E-state index contributed by atoms with van der Waals surface area (Å²) < 4.78 is 8.76. The number of aromatic nitrogens is 3. The molecule has 0 amide bonds. The normalized spacial score (nSPS) is 17.5. The van der Waals surface area contributed by atoms with Crippen LogP contribution in [-0.4, -0.2) is 40.0 Å². The van der Waals surface area contributed by atoms with E-state index in [9.17, 15) is 4.79 Å². The van der Waals surface area contributed by atoms with Crippen molar-refractivity contribution in [2.45, 2.75) is 19.7 Å². The van der Waals surface area contributed by atoms with Crippen LogP contribution in [0, 0.1) is 6.92 Å². The number of fused-ring (bicyclic) bond motifs is 1. The van der Waals surface area contributed by atoms with Gasteiger partial charge in [0, 0.05) is 29.8 Å². The van der Waals surface area contributed by atoms with Crippen molar-refractivity contribution in [3.63, 3.8) is 0 Å². The maximum Gasteiger partial charge on any atom is 0.330 e. The van der Waals surface area contributed by atoms with Gasteiger partial charge < -0.3 is 15.4 Å². The van der Waals surface area contributed by atoms with Crippen LogP contribution in [0.5, 0.6) is 0 Å². The predicted octanol–water partition coefficient (Wildman–Crippen LogP) is 2.52. The van der Waals surface area contributed by atoms with Gasteiger partial charge in [0.25, 0.3) is 0 Å². The summed E-state index contributed by atoms with van der Waals surface area (Å²) in [5.74, 6) is 0.